The quantitative estimate of drug-likeness (QED) is 0.713. The van der Waals surface area contributed by atoms with Crippen LogP contribution in [0.15, 0.2) is 42.5 Å². The Hall–Kier alpha value is -1.25. The molecule has 0 fully saturated rings. The van der Waals surface area contributed by atoms with Crippen molar-refractivity contribution < 1.29 is 17.8 Å². The fraction of sp³-hybridized carbons (Fsp3) is 0.391. The summed E-state index contributed by atoms with van der Waals surface area (Å²) < 4.78 is 6.51. The van der Waals surface area contributed by atoms with E-state index in [9.17, 15) is 0 Å². The van der Waals surface area contributed by atoms with Crippen LogP contribution in [0.3, 0.4) is 0 Å². The molecule has 4 heteroatoms. The molecule has 2 aromatic rings. The first-order valence-corrected chi connectivity index (χ1v) is 12.3. The number of fused-ring (bicyclic) bond motifs is 3. The van der Waals surface area contributed by atoms with E-state index < -0.39 is 17.8 Å². The third kappa shape index (κ3) is 4.27. The van der Waals surface area contributed by atoms with Gasteiger partial charge in [-0.15, -0.1) is 0 Å². The second-order valence-corrected chi connectivity index (χ2v) is 14.3. The van der Waals surface area contributed by atoms with Crippen molar-refractivity contribution in [3.05, 3.63) is 58.5 Å². The fourth-order valence-electron chi connectivity index (χ4n) is 3.62. The van der Waals surface area contributed by atoms with E-state index in [1.165, 1.54) is 27.1 Å². The Kier molecular flexibility index (Phi) is 6.07. The standard InChI is InChI=1S/C19H20N.2C2H6N.Mo/c1-19(2,3)20-12-11-14-8-6-10-17-16-9-5-4-7-15(16)13-18(14)17;2*1-3-2;/h4-11,20H,12H2,1-3H3;2*1-2H3;/q;2*-1;+2. The van der Waals surface area contributed by atoms with E-state index in [-0.39, 0.29) is 5.54 Å². The van der Waals surface area contributed by atoms with Crippen LogP contribution < -0.4 is 15.8 Å². The molecule has 0 aromatic heterocycles. The summed E-state index contributed by atoms with van der Waals surface area (Å²) in [5.74, 6) is 0. The summed E-state index contributed by atoms with van der Waals surface area (Å²) in [5.41, 5.74) is 4.32. The fourth-order valence-corrected chi connectivity index (χ4v) is 8.95. The third-order valence-electron chi connectivity index (χ3n) is 4.61. The predicted molar refractivity (Wildman–Crippen MR) is 113 cm³/mol. The Bertz CT molecular complexity index is 931. The Morgan fingerprint density at radius 1 is 0.852 bits per heavy atom. The number of hydrogen-bond donors (Lipinski definition) is 1. The van der Waals surface area contributed by atoms with Gasteiger partial charge in [0, 0.05) is 0 Å². The van der Waals surface area contributed by atoms with Gasteiger partial charge in [-0.25, -0.2) is 0 Å². The molecule has 1 N–H and O–H groups in total. The second-order valence-electron chi connectivity index (χ2n) is 8.37. The van der Waals surface area contributed by atoms with Crippen molar-refractivity contribution in [1.29, 1.82) is 0 Å². The van der Waals surface area contributed by atoms with E-state index in [4.69, 9.17) is 0 Å². The molecule has 0 atom stereocenters. The Balaban J connectivity index is 2.28. The molecule has 0 saturated heterocycles. The maximum absolute atomic E-state index is 3.60. The summed E-state index contributed by atoms with van der Waals surface area (Å²) in [7, 11) is 8.94. The van der Waals surface area contributed by atoms with Crippen LogP contribution in [-0.2, 0) is 17.8 Å². The number of hydrogen-bond acceptors (Lipinski definition) is 3. The van der Waals surface area contributed by atoms with Crippen LogP contribution in [0.1, 0.15) is 26.3 Å². The first kappa shape index (κ1) is 20.5. The molecule has 0 spiro atoms. The summed E-state index contributed by atoms with van der Waals surface area (Å²) >= 11 is -1.84. The molecular formula is C23H32MoN3. The summed E-state index contributed by atoms with van der Waals surface area (Å²) in [6.07, 6.45) is 2.36. The van der Waals surface area contributed by atoms with E-state index in [0.717, 1.165) is 6.54 Å². The molecule has 0 unspecified atom stereocenters. The first-order valence-electron chi connectivity index (χ1n) is 9.48. The molecule has 0 saturated carbocycles. The Morgan fingerprint density at radius 3 is 2.04 bits per heavy atom. The van der Waals surface area contributed by atoms with E-state index in [2.05, 4.69) is 110 Å². The predicted octanol–water partition coefficient (Wildman–Crippen LogP) is 2.56. The monoisotopic (exact) mass is 448 g/mol. The molecule has 145 valence electrons. The van der Waals surface area contributed by atoms with Gasteiger partial charge >= 0.3 is 171 Å². The number of nitrogens with one attached hydrogen (secondary N) is 1. The van der Waals surface area contributed by atoms with Crippen LogP contribution in [0, 0.1) is 0 Å². The molecule has 3 rings (SSSR count). The first-order chi connectivity index (χ1) is 12.7. The van der Waals surface area contributed by atoms with Gasteiger partial charge in [-0.05, 0) is 0 Å². The zero-order valence-electron chi connectivity index (χ0n) is 17.6. The minimum absolute atomic E-state index is 0.122. The van der Waals surface area contributed by atoms with Crippen LogP contribution in [0.5, 0.6) is 0 Å². The van der Waals surface area contributed by atoms with Gasteiger partial charge in [0.2, 0.25) is 0 Å². The summed E-state index contributed by atoms with van der Waals surface area (Å²) in [6, 6.07) is 15.7. The Morgan fingerprint density at radius 2 is 1.44 bits per heavy atom. The third-order valence-corrected chi connectivity index (χ3v) is 9.95. The van der Waals surface area contributed by atoms with Crippen molar-refractivity contribution in [3.63, 3.8) is 0 Å². The van der Waals surface area contributed by atoms with E-state index in [0.29, 0.717) is 0 Å². The SMILES string of the molecule is C[N](C)[Mo]([C]1=c2c(cccc2=CCNC(C)(C)C)-c2ccccc21)[N](C)C. The van der Waals surface area contributed by atoms with Crippen molar-refractivity contribution in [2.75, 3.05) is 34.7 Å². The molecule has 3 nitrogen and oxygen atoms in total. The van der Waals surface area contributed by atoms with Gasteiger partial charge in [0.1, 0.15) is 0 Å². The average molecular weight is 446 g/mol. The topological polar surface area (TPSA) is 18.5 Å². The molecule has 27 heavy (non-hydrogen) atoms. The number of benzene rings is 2. The molecule has 1 aliphatic carbocycles. The van der Waals surface area contributed by atoms with Gasteiger partial charge in [-0.3, -0.25) is 0 Å². The minimum atomic E-state index is -1.84. The zero-order chi connectivity index (χ0) is 19.8. The van der Waals surface area contributed by atoms with Crippen molar-refractivity contribution in [2.45, 2.75) is 26.3 Å². The van der Waals surface area contributed by atoms with Crippen molar-refractivity contribution in [1.82, 2.24) is 12.2 Å². The molecule has 0 amide bonds. The van der Waals surface area contributed by atoms with Crippen molar-refractivity contribution >= 4 is 10.0 Å². The molecule has 0 heterocycles. The van der Waals surface area contributed by atoms with Crippen LogP contribution in [0.4, 0.5) is 0 Å². The van der Waals surface area contributed by atoms with Crippen LogP contribution in [-0.4, -0.2) is 47.2 Å². The molecular weight excluding hydrogens is 414 g/mol. The summed E-state index contributed by atoms with van der Waals surface area (Å²) in [5, 5.41) is 6.40. The van der Waals surface area contributed by atoms with Gasteiger partial charge in [0.15, 0.2) is 0 Å². The maximum atomic E-state index is 3.60. The van der Waals surface area contributed by atoms with Gasteiger partial charge in [0.25, 0.3) is 0 Å². The Labute approximate surface area is 170 Å². The zero-order valence-corrected chi connectivity index (χ0v) is 19.6. The van der Waals surface area contributed by atoms with Crippen LogP contribution in [0.2, 0.25) is 0 Å². The summed E-state index contributed by atoms with van der Waals surface area (Å²) in [6.45, 7) is 7.52. The molecule has 0 radical (unpaired) electrons. The molecule has 2 aromatic carbocycles. The van der Waals surface area contributed by atoms with Crippen LogP contribution in [0.25, 0.3) is 21.2 Å². The van der Waals surface area contributed by atoms with Gasteiger partial charge in [-0.2, -0.15) is 0 Å². The van der Waals surface area contributed by atoms with E-state index in [1.54, 1.807) is 3.96 Å². The van der Waals surface area contributed by atoms with E-state index in [1.807, 2.05) is 0 Å². The number of nitrogens with zero attached hydrogens (tertiary/aromatic N) is 2. The average Bonchev–Trinajstić information content (AvgIpc) is 2.89. The normalized spacial score (nSPS) is 14.4. The van der Waals surface area contributed by atoms with Gasteiger partial charge in [-0.1, -0.05) is 0 Å². The van der Waals surface area contributed by atoms with E-state index >= 15 is 0 Å². The molecule has 0 aliphatic heterocycles. The van der Waals surface area contributed by atoms with Gasteiger partial charge < -0.3 is 0 Å². The van der Waals surface area contributed by atoms with Gasteiger partial charge in [0.05, 0.1) is 0 Å². The molecule has 1 aliphatic rings. The summed E-state index contributed by atoms with van der Waals surface area (Å²) in [4.78, 5) is 0. The van der Waals surface area contributed by atoms with Crippen molar-refractivity contribution in [3.8, 4) is 11.1 Å². The second kappa shape index (κ2) is 8.01. The number of rotatable bonds is 5. The molecule has 0 bridgehead atoms. The van der Waals surface area contributed by atoms with Crippen molar-refractivity contribution in [2.24, 2.45) is 0 Å². The van der Waals surface area contributed by atoms with Crippen LogP contribution >= 0.6 is 0 Å².